The first kappa shape index (κ1) is 17.2. The van der Waals surface area contributed by atoms with Crippen molar-refractivity contribution in [2.24, 2.45) is 11.8 Å². The number of nitrogens with one attached hydrogen (secondary N) is 1. The molecule has 0 saturated carbocycles. The molecule has 3 nitrogen and oxygen atoms in total. The molecular weight excluding hydrogens is 334 g/mol. The van der Waals surface area contributed by atoms with Gasteiger partial charge in [-0.25, -0.2) is 8.78 Å². The average molecular weight is 356 g/mol. The SMILES string of the molecule is Cc1ccccc1[C@@H]1[C@H]2CNC[C@H]2CN1C(=O)Cc1ccc(F)cc1F. The Morgan fingerprint density at radius 1 is 1.19 bits per heavy atom. The summed E-state index contributed by atoms with van der Waals surface area (Å²) in [7, 11) is 0. The lowest BCUT2D eigenvalue weighted by atomic mass is 9.87. The van der Waals surface area contributed by atoms with Crippen LogP contribution in [0.3, 0.4) is 0 Å². The number of rotatable bonds is 3. The van der Waals surface area contributed by atoms with Gasteiger partial charge in [-0.2, -0.15) is 0 Å². The van der Waals surface area contributed by atoms with E-state index in [-0.39, 0.29) is 23.9 Å². The Balaban J connectivity index is 1.63. The molecule has 5 heteroatoms. The predicted molar refractivity (Wildman–Crippen MR) is 95.5 cm³/mol. The highest BCUT2D eigenvalue weighted by Gasteiger charge is 2.46. The van der Waals surface area contributed by atoms with E-state index in [4.69, 9.17) is 0 Å². The Bertz CT molecular complexity index is 839. The summed E-state index contributed by atoms with van der Waals surface area (Å²) in [6, 6.07) is 11.6. The van der Waals surface area contributed by atoms with Gasteiger partial charge in [0.15, 0.2) is 0 Å². The molecule has 1 amide bonds. The molecule has 2 fully saturated rings. The lowest BCUT2D eigenvalue weighted by Gasteiger charge is -2.29. The summed E-state index contributed by atoms with van der Waals surface area (Å²) in [6.45, 7) is 4.53. The number of benzene rings is 2. The molecule has 3 atom stereocenters. The van der Waals surface area contributed by atoms with E-state index in [1.54, 1.807) is 0 Å². The predicted octanol–water partition coefficient (Wildman–Crippen LogP) is 3.23. The zero-order chi connectivity index (χ0) is 18.3. The van der Waals surface area contributed by atoms with Gasteiger partial charge in [0.25, 0.3) is 0 Å². The number of carbonyl (C=O) groups is 1. The maximum Gasteiger partial charge on any atom is 0.227 e. The smallest absolute Gasteiger partial charge is 0.227 e. The summed E-state index contributed by atoms with van der Waals surface area (Å²) < 4.78 is 27.1. The van der Waals surface area contributed by atoms with Crippen LogP contribution in [0.5, 0.6) is 0 Å². The standard InChI is InChI=1S/C21H22F2N2O/c1-13-4-2-3-5-17(13)21-18-11-24-10-15(18)12-25(21)20(26)8-14-6-7-16(22)9-19(14)23/h2-7,9,15,18,21,24H,8,10-12H2,1H3/t15-,18-,21+/m0/s1. The Labute approximate surface area is 152 Å². The average Bonchev–Trinajstić information content (AvgIpc) is 3.19. The van der Waals surface area contributed by atoms with Gasteiger partial charge >= 0.3 is 0 Å². The third-order valence-electron chi connectivity index (χ3n) is 5.75. The first-order valence-corrected chi connectivity index (χ1v) is 9.04. The molecule has 0 spiro atoms. The Hall–Kier alpha value is -2.27. The fourth-order valence-corrected chi connectivity index (χ4v) is 4.42. The maximum absolute atomic E-state index is 14.0. The number of amides is 1. The van der Waals surface area contributed by atoms with Crippen LogP contribution in [0.1, 0.15) is 22.7 Å². The normalized spacial score (nSPS) is 24.7. The van der Waals surface area contributed by atoms with E-state index in [1.807, 2.05) is 17.0 Å². The minimum absolute atomic E-state index is 0.00668. The second-order valence-corrected chi connectivity index (χ2v) is 7.34. The van der Waals surface area contributed by atoms with Gasteiger partial charge in [0.1, 0.15) is 11.6 Å². The highest BCUT2D eigenvalue weighted by molar-refractivity contribution is 5.80. The second-order valence-electron chi connectivity index (χ2n) is 7.34. The van der Waals surface area contributed by atoms with Crippen LogP contribution < -0.4 is 5.32 Å². The summed E-state index contributed by atoms with van der Waals surface area (Å²) in [6.07, 6.45) is -0.0403. The molecule has 4 rings (SSSR count). The van der Waals surface area contributed by atoms with Crippen molar-refractivity contribution in [1.82, 2.24) is 10.2 Å². The fourth-order valence-electron chi connectivity index (χ4n) is 4.42. The Morgan fingerprint density at radius 2 is 2.00 bits per heavy atom. The van der Waals surface area contributed by atoms with E-state index in [2.05, 4.69) is 24.4 Å². The van der Waals surface area contributed by atoms with Crippen molar-refractivity contribution in [3.63, 3.8) is 0 Å². The molecule has 2 aromatic rings. The molecule has 2 aromatic carbocycles. The summed E-state index contributed by atoms with van der Waals surface area (Å²) in [5.41, 5.74) is 2.57. The number of halogens is 2. The van der Waals surface area contributed by atoms with Gasteiger partial charge in [-0.1, -0.05) is 30.3 Å². The zero-order valence-corrected chi connectivity index (χ0v) is 14.7. The van der Waals surface area contributed by atoms with Gasteiger partial charge < -0.3 is 10.2 Å². The molecule has 0 aliphatic carbocycles. The van der Waals surface area contributed by atoms with E-state index >= 15 is 0 Å². The quantitative estimate of drug-likeness (QED) is 0.916. The van der Waals surface area contributed by atoms with E-state index < -0.39 is 11.6 Å². The van der Waals surface area contributed by atoms with Crippen LogP contribution in [0, 0.1) is 30.4 Å². The van der Waals surface area contributed by atoms with Crippen molar-refractivity contribution in [2.75, 3.05) is 19.6 Å². The summed E-state index contributed by atoms with van der Waals surface area (Å²) in [4.78, 5) is 14.9. The van der Waals surface area contributed by atoms with Crippen LogP contribution in [-0.2, 0) is 11.2 Å². The monoisotopic (exact) mass is 356 g/mol. The van der Waals surface area contributed by atoms with E-state index in [1.165, 1.54) is 12.1 Å². The zero-order valence-electron chi connectivity index (χ0n) is 14.7. The second kappa shape index (κ2) is 6.80. The highest BCUT2D eigenvalue weighted by Crippen LogP contribution is 2.43. The molecule has 2 heterocycles. The van der Waals surface area contributed by atoms with Gasteiger partial charge in [0.05, 0.1) is 12.5 Å². The third-order valence-corrected chi connectivity index (χ3v) is 5.75. The summed E-state index contributed by atoms with van der Waals surface area (Å²) >= 11 is 0. The summed E-state index contributed by atoms with van der Waals surface area (Å²) in [5, 5.41) is 3.43. The number of nitrogens with zero attached hydrogens (tertiary/aromatic N) is 1. The number of aryl methyl sites for hydroxylation is 1. The number of fused-ring (bicyclic) bond motifs is 1. The molecule has 0 aromatic heterocycles. The van der Waals surface area contributed by atoms with Gasteiger partial charge in [0.2, 0.25) is 5.91 Å². The number of hydrogen-bond acceptors (Lipinski definition) is 2. The van der Waals surface area contributed by atoms with Crippen molar-refractivity contribution in [2.45, 2.75) is 19.4 Å². The van der Waals surface area contributed by atoms with Crippen LogP contribution in [-0.4, -0.2) is 30.4 Å². The minimum atomic E-state index is -0.660. The number of likely N-dealkylation sites (tertiary alicyclic amines) is 1. The van der Waals surface area contributed by atoms with Gasteiger partial charge in [-0.3, -0.25) is 4.79 Å². The third kappa shape index (κ3) is 3.01. The molecule has 1 N–H and O–H groups in total. The van der Waals surface area contributed by atoms with Crippen molar-refractivity contribution in [3.8, 4) is 0 Å². The van der Waals surface area contributed by atoms with E-state index in [0.29, 0.717) is 18.4 Å². The summed E-state index contributed by atoms with van der Waals surface area (Å²) in [5.74, 6) is -0.594. The highest BCUT2D eigenvalue weighted by atomic mass is 19.1. The lowest BCUT2D eigenvalue weighted by Crippen LogP contribution is -2.36. The Morgan fingerprint density at radius 3 is 2.77 bits per heavy atom. The molecule has 2 aliphatic heterocycles. The number of hydrogen-bond donors (Lipinski definition) is 1. The van der Waals surface area contributed by atoms with Crippen molar-refractivity contribution >= 4 is 5.91 Å². The van der Waals surface area contributed by atoms with Crippen LogP contribution in [0.4, 0.5) is 8.78 Å². The molecule has 0 unspecified atom stereocenters. The molecule has 2 aliphatic rings. The molecule has 0 bridgehead atoms. The Kier molecular flexibility index (Phi) is 4.49. The first-order chi connectivity index (χ1) is 12.5. The van der Waals surface area contributed by atoms with E-state index in [0.717, 1.165) is 30.3 Å². The molecular formula is C21H22F2N2O. The lowest BCUT2D eigenvalue weighted by molar-refractivity contribution is -0.132. The topological polar surface area (TPSA) is 32.3 Å². The van der Waals surface area contributed by atoms with Crippen LogP contribution in [0.15, 0.2) is 42.5 Å². The van der Waals surface area contributed by atoms with Crippen LogP contribution >= 0.6 is 0 Å². The van der Waals surface area contributed by atoms with E-state index in [9.17, 15) is 13.6 Å². The molecule has 26 heavy (non-hydrogen) atoms. The van der Waals surface area contributed by atoms with Gasteiger partial charge in [-0.05, 0) is 35.6 Å². The largest absolute Gasteiger partial charge is 0.335 e. The maximum atomic E-state index is 14.0. The van der Waals surface area contributed by atoms with Crippen LogP contribution in [0.25, 0.3) is 0 Å². The van der Waals surface area contributed by atoms with Gasteiger partial charge in [0, 0.05) is 31.6 Å². The molecule has 136 valence electrons. The van der Waals surface area contributed by atoms with Gasteiger partial charge in [-0.15, -0.1) is 0 Å². The van der Waals surface area contributed by atoms with Crippen LogP contribution in [0.2, 0.25) is 0 Å². The van der Waals surface area contributed by atoms with Crippen molar-refractivity contribution < 1.29 is 13.6 Å². The fraction of sp³-hybridized carbons (Fsp3) is 0.381. The first-order valence-electron chi connectivity index (χ1n) is 9.04. The van der Waals surface area contributed by atoms with Crippen molar-refractivity contribution in [1.29, 1.82) is 0 Å². The van der Waals surface area contributed by atoms with Crippen molar-refractivity contribution in [3.05, 3.63) is 70.8 Å². The molecule has 0 radical (unpaired) electrons. The minimum Gasteiger partial charge on any atom is -0.335 e. The number of carbonyl (C=O) groups excluding carboxylic acids is 1. The molecule has 2 saturated heterocycles.